The zero-order chi connectivity index (χ0) is 16.9. The lowest BCUT2D eigenvalue weighted by atomic mass is 9.61. The van der Waals surface area contributed by atoms with Crippen molar-refractivity contribution in [2.75, 3.05) is 0 Å². The zero-order valence-electron chi connectivity index (χ0n) is 14.5. The molecule has 1 aliphatic carbocycles. The maximum Gasteiger partial charge on any atom is 0.115 e. The van der Waals surface area contributed by atoms with Gasteiger partial charge in [-0.3, -0.25) is 0 Å². The predicted molar refractivity (Wildman–Crippen MR) is 98.8 cm³/mol. The van der Waals surface area contributed by atoms with Gasteiger partial charge in [-0.25, -0.2) is 9.97 Å². The van der Waals surface area contributed by atoms with E-state index in [9.17, 15) is 0 Å². The summed E-state index contributed by atoms with van der Waals surface area (Å²) in [6.45, 7) is 17.1. The van der Waals surface area contributed by atoms with Crippen molar-refractivity contribution in [2.24, 2.45) is 17.3 Å². The second-order valence-electron chi connectivity index (χ2n) is 7.02. The molecular formula is C21H28N2. The van der Waals surface area contributed by atoms with Gasteiger partial charge in [0.05, 0.1) is 0 Å². The lowest BCUT2D eigenvalue weighted by molar-refractivity contribution is 0.169. The summed E-state index contributed by atoms with van der Waals surface area (Å²) in [7, 11) is 0. The highest BCUT2D eigenvalue weighted by atomic mass is 14.8. The lowest BCUT2D eigenvalue weighted by Crippen LogP contribution is -2.33. The Bertz CT molecular complexity index is 600. The van der Waals surface area contributed by atoms with Crippen LogP contribution in [0.15, 0.2) is 61.8 Å². The first-order valence-electron chi connectivity index (χ1n) is 8.34. The molecule has 1 fully saturated rings. The molecule has 1 aliphatic rings. The van der Waals surface area contributed by atoms with Gasteiger partial charge in [0.1, 0.15) is 6.33 Å². The quantitative estimate of drug-likeness (QED) is 0.637. The third-order valence-corrected chi connectivity index (χ3v) is 5.26. The molecule has 2 nitrogen and oxygen atoms in total. The summed E-state index contributed by atoms with van der Waals surface area (Å²) in [6, 6.07) is 0. The largest absolute Gasteiger partial charge is 0.244 e. The lowest BCUT2D eigenvalue weighted by Gasteiger charge is -2.43. The van der Waals surface area contributed by atoms with Crippen LogP contribution in [0.25, 0.3) is 6.08 Å². The van der Waals surface area contributed by atoms with Crippen LogP contribution in [-0.2, 0) is 0 Å². The first kappa shape index (κ1) is 17.4. The summed E-state index contributed by atoms with van der Waals surface area (Å²) < 4.78 is 0. The van der Waals surface area contributed by atoms with Crippen LogP contribution in [0.3, 0.4) is 0 Å². The van der Waals surface area contributed by atoms with E-state index in [4.69, 9.17) is 0 Å². The van der Waals surface area contributed by atoms with Gasteiger partial charge in [-0.2, -0.15) is 0 Å². The maximum atomic E-state index is 4.34. The zero-order valence-corrected chi connectivity index (χ0v) is 14.5. The summed E-state index contributed by atoms with van der Waals surface area (Å²) in [5.41, 5.74) is 3.79. The van der Waals surface area contributed by atoms with Gasteiger partial charge in [-0.15, -0.1) is 6.58 Å². The van der Waals surface area contributed by atoms with Gasteiger partial charge in [-0.1, -0.05) is 49.5 Å². The molecule has 3 atom stereocenters. The molecule has 0 unspecified atom stereocenters. The molecule has 0 N–H and O–H groups in total. The Hall–Kier alpha value is -1.96. The Morgan fingerprint density at radius 2 is 2.04 bits per heavy atom. The van der Waals surface area contributed by atoms with Crippen LogP contribution in [0.2, 0.25) is 0 Å². The molecule has 0 radical (unpaired) electrons. The Kier molecular flexibility index (Phi) is 5.70. The van der Waals surface area contributed by atoms with Crippen molar-refractivity contribution in [3.8, 4) is 0 Å². The van der Waals surface area contributed by atoms with Crippen molar-refractivity contribution in [3.63, 3.8) is 0 Å². The van der Waals surface area contributed by atoms with Crippen molar-refractivity contribution in [1.82, 2.24) is 9.97 Å². The molecule has 0 aliphatic heterocycles. The van der Waals surface area contributed by atoms with Crippen molar-refractivity contribution in [1.29, 1.82) is 0 Å². The highest BCUT2D eigenvalue weighted by Crippen LogP contribution is 2.49. The van der Waals surface area contributed by atoms with Gasteiger partial charge >= 0.3 is 0 Å². The van der Waals surface area contributed by atoms with E-state index < -0.39 is 0 Å². The van der Waals surface area contributed by atoms with Crippen LogP contribution in [-0.4, -0.2) is 9.97 Å². The van der Waals surface area contributed by atoms with Gasteiger partial charge < -0.3 is 0 Å². The monoisotopic (exact) mass is 308 g/mol. The first-order chi connectivity index (χ1) is 11.0. The summed E-state index contributed by atoms with van der Waals surface area (Å²) in [5, 5.41) is 0. The average molecular weight is 308 g/mol. The minimum Gasteiger partial charge on any atom is -0.244 e. The Labute approximate surface area is 140 Å². The summed E-state index contributed by atoms with van der Waals surface area (Å²) in [4.78, 5) is 8.05. The third kappa shape index (κ3) is 4.28. The van der Waals surface area contributed by atoms with Crippen molar-refractivity contribution in [3.05, 3.63) is 67.3 Å². The predicted octanol–water partition coefficient (Wildman–Crippen LogP) is 5.62. The fourth-order valence-corrected chi connectivity index (χ4v) is 3.62. The van der Waals surface area contributed by atoms with E-state index in [1.54, 1.807) is 6.33 Å². The number of hydrogen-bond donors (Lipinski definition) is 0. The van der Waals surface area contributed by atoms with E-state index >= 15 is 0 Å². The minimum absolute atomic E-state index is 0.180. The van der Waals surface area contributed by atoms with Crippen LogP contribution in [0.5, 0.6) is 0 Å². The summed E-state index contributed by atoms with van der Waals surface area (Å²) in [5.74, 6) is 1.07. The Morgan fingerprint density at radius 3 is 2.65 bits per heavy atom. The fraction of sp³-hybridized carbons (Fsp3) is 0.429. The van der Waals surface area contributed by atoms with E-state index in [0.717, 1.165) is 24.8 Å². The van der Waals surface area contributed by atoms with Crippen molar-refractivity contribution < 1.29 is 0 Å². The van der Waals surface area contributed by atoms with Crippen LogP contribution in [0.4, 0.5) is 0 Å². The number of nitrogens with zero attached hydrogens (tertiary/aromatic N) is 2. The molecule has 0 amide bonds. The smallest absolute Gasteiger partial charge is 0.115 e. The average Bonchev–Trinajstić information content (AvgIpc) is 2.55. The first-order valence-corrected chi connectivity index (χ1v) is 8.34. The molecule has 1 heterocycles. The third-order valence-electron chi connectivity index (χ3n) is 5.26. The van der Waals surface area contributed by atoms with Gasteiger partial charge in [-0.05, 0) is 49.9 Å². The van der Waals surface area contributed by atoms with Crippen molar-refractivity contribution in [2.45, 2.75) is 39.5 Å². The molecule has 0 saturated heterocycles. The van der Waals surface area contributed by atoms with Gasteiger partial charge in [0, 0.05) is 18.0 Å². The minimum atomic E-state index is 0.180. The Morgan fingerprint density at radius 1 is 1.35 bits per heavy atom. The van der Waals surface area contributed by atoms with Gasteiger partial charge in [0.15, 0.2) is 0 Å². The van der Waals surface area contributed by atoms with Crippen LogP contribution in [0, 0.1) is 17.3 Å². The maximum absolute atomic E-state index is 4.34. The highest BCUT2D eigenvalue weighted by Gasteiger charge is 2.38. The second kappa shape index (κ2) is 7.54. The number of rotatable bonds is 6. The molecule has 1 saturated carbocycles. The number of aromatic nitrogens is 2. The van der Waals surface area contributed by atoms with Crippen LogP contribution < -0.4 is 0 Å². The van der Waals surface area contributed by atoms with Crippen molar-refractivity contribution >= 4 is 6.08 Å². The van der Waals surface area contributed by atoms with E-state index in [1.165, 1.54) is 17.6 Å². The standard InChI is InChI=1S/C21H28N2/c1-6-21(5)11-10-19(12-20(21)16(2)3)17(4)8-7-9-18-13-22-15-23-14-18/h6-7,9,13-15,19-20H,1-2,4,8,10-12H2,3,5H3/b9-7+/t19-,20+,21-/m1/s1. The SMILES string of the molecule is C=C[C@]1(C)CC[C@@H](C(=C)C/C=C/c2cncnc2)C[C@H]1C(=C)C. The molecule has 0 spiro atoms. The molecule has 23 heavy (non-hydrogen) atoms. The van der Waals surface area contributed by atoms with Gasteiger partial charge in [0.25, 0.3) is 0 Å². The number of allylic oxidation sites excluding steroid dienone is 4. The molecule has 122 valence electrons. The molecule has 2 heteroatoms. The molecule has 0 aromatic carbocycles. The second-order valence-corrected chi connectivity index (χ2v) is 7.02. The molecule has 2 rings (SSSR count). The van der Waals surface area contributed by atoms with E-state index in [1.807, 2.05) is 12.4 Å². The van der Waals surface area contributed by atoms with E-state index in [2.05, 4.69) is 61.8 Å². The van der Waals surface area contributed by atoms with Crippen LogP contribution >= 0.6 is 0 Å². The molecule has 1 aromatic rings. The van der Waals surface area contributed by atoms with E-state index in [0.29, 0.717) is 11.8 Å². The van der Waals surface area contributed by atoms with Crippen LogP contribution in [0.1, 0.15) is 45.1 Å². The summed E-state index contributed by atoms with van der Waals surface area (Å²) in [6.07, 6.45) is 15.9. The highest BCUT2D eigenvalue weighted by molar-refractivity contribution is 5.46. The fourth-order valence-electron chi connectivity index (χ4n) is 3.62. The Balaban J connectivity index is 1.97. The van der Waals surface area contributed by atoms with Gasteiger partial charge in [0.2, 0.25) is 0 Å². The number of hydrogen-bond acceptors (Lipinski definition) is 2. The van der Waals surface area contributed by atoms with E-state index in [-0.39, 0.29) is 5.41 Å². The molecular weight excluding hydrogens is 280 g/mol. The normalized spacial score (nSPS) is 27.7. The molecule has 0 bridgehead atoms. The topological polar surface area (TPSA) is 25.8 Å². The summed E-state index contributed by atoms with van der Waals surface area (Å²) >= 11 is 0. The molecule has 1 aromatic heterocycles.